The van der Waals surface area contributed by atoms with Crippen molar-refractivity contribution in [2.75, 3.05) is 7.11 Å². The van der Waals surface area contributed by atoms with Crippen LogP contribution >= 0.6 is 15.9 Å². The van der Waals surface area contributed by atoms with Gasteiger partial charge in [0.15, 0.2) is 11.1 Å². The second kappa shape index (κ2) is 4.68. The van der Waals surface area contributed by atoms with Crippen LogP contribution in [0.2, 0.25) is 0 Å². The van der Waals surface area contributed by atoms with E-state index in [-0.39, 0.29) is 10.5 Å². The van der Waals surface area contributed by atoms with Crippen molar-refractivity contribution >= 4 is 33.0 Å². The molecule has 1 rings (SSSR count). The highest BCUT2D eigenvalue weighted by Gasteiger charge is 2.10. The van der Waals surface area contributed by atoms with Gasteiger partial charge >= 0.3 is 5.97 Å². The molecule has 0 spiro atoms. The highest BCUT2D eigenvalue weighted by atomic mass is 79.9. The van der Waals surface area contributed by atoms with E-state index < -0.39 is 17.0 Å². The summed E-state index contributed by atoms with van der Waals surface area (Å²) in [6.45, 7) is 0. The molecule has 0 radical (unpaired) electrons. The molecule has 0 saturated carbocycles. The van der Waals surface area contributed by atoms with Crippen LogP contribution in [0.25, 0.3) is 0 Å². The first kappa shape index (κ1) is 11.4. The molecule has 0 fully saturated rings. The van der Waals surface area contributed by atoms with Crippen molar-refractivity contribution in [3.63, 3.8) is 0 Å². The Morgan fingerprint density at radius 3 is 2.64 bits per heavy atom. The molecule has 1 unspecified atom stereocenters. The van der Waals surface area contributed by atoms with Gasteiger partial charge in [-0.15, -0.1) is 0 Å². The number of hydrogen-bond acceptors (Lipinski definition) is 3. The zero-order chi connectivity index (χ0) is 10.7. The fraction of sp³-hybridized carbons (Fsp3) is 0.125. The second-order valence-corrected chi connectivity index (χ2v) is 4.30. The molecule has 6 heteroatoms. The number of carbonyl (C=O) groups is 1. The van der Waals surface area contributed by atoms with E-state index in [0.29, 0.717) is 4.47 Å². The molecule has 1 aromatic rings. The maximum atomic E-state index is 11.1. The van der Waals surface area contributed by atoms with E-state index in [2.05, 4.69) is 20.7 Å². The maximum absolute atomic E-state index is 11.1. The van der Waals surface area contributed by atoms with Gasteiger partial charge in [0, 0.05) is 4.47 Å². The first-order valence-electron chi connectivity index (χ1n) is 3.54. The Morgan fingerprint density at radius 1 is 1.50 bits per heavy atom. The lowest BCUT2D eigenvalue weighted by atomic mass is 10.2. The Labute approximate surface area is 91.7 Å². The van der Waals surface area contributed by atoms with E-state index in [0.717, 1.165) is 0 Å². The quantitative estimate of drug-likeness (QED) is 0.662. The molecule has 1 aromatic carbocycles. The van der Waals surface area contributed by atoms with Crippen molar-refractivity contribution in [1.29, 1.82) is 0 Å². The first-order chi connectivity index (χ1) is 6.54. The lowest BCUT2D eigenvalue weighted by Crippen LogP contribution is -2.02. The van der Waals surface area contributed by atoms with E-state index in [1.165, 1.54) is 25.3 Å². The van der Waals surface area contributed by atoms with Crippen molar-refractivity contribution in [2.45, 2.75) is 4.90 Å². The van der Waals surface area contributed by atoms with Crippen LogP contribution in [0.5, 0.6) is 0 Å². The largest absolute Gasteiger partial charge is 0.465 e. The van der Waals surface area contributed by atoms with Crippen LogP contribution in [0.3, 0.4) is 0 Å². The van der Waals surface area contributed by atoms with E-state index >= 15 is 0 Å². The van der Waals surface area contributed by atoms with Gasteiger partial charge < -0.3 is 9.29 Å². The maximum Gasteiger partial charge on any atom is 0.337 e. The number of carbonyl (C=O) groups excluding carboxylic acids is 1. The number of halogens is 1. The molecule has 0 heterocycles. The van der Waals surface area contributed by atoms with E-state index in [4.69, 9.17) is 4.55 Å². The van der Waals surface area contributed by atoms with Crippen molar-refractivity contribution in [2.24, 2.45) is 0 Å². The molecular formula is C8H7BrO4S. The number of esters is 1. The van der Waals surface area contributed by atoms with E-state index in [1.807, 2.05) is 0 Å². The minimum absolute atomic E-state index is 0.153. The molecule has 1 N–H and O–H groups in total. The van der Waals surface area contributed by atoms with Crippen molar-refractivity contribution in [1.82, 2.24) is 0 Å². The minimum Gasteiger partial charge on any atom is -0.465 e. The van der Waals surface area contributed by atoms with Crippen LogP contribution in [0.4, 0.5) is 0 Å². The summed E-state index contributed by atoms with van der Waals surface area (Å²) in [6.07, 6.45) is 0. The molecule has 0 aliphatic heterocycles. The van der Waals surface area contributed by atoms with E-state index in [9.17, 15) is 9.00 Å². The zero-order valence-electron chi connectivity index (χ0n) is 7.19. The Kier molecular flexibility index (Phi) is 3.79. The van der Waals surface area contributed by atoms with Gasteiger partial charge in [0.25, 0.3) is 0 Å². The summed E-state index contributed by atoms with van der Waals surface area (Å²) >= 11 is 1.02. The van der Waals surface area contributed by atoms with Gasteiger partial charge in [0.05, 0.1) is 17.6 Å². The van der Waals surface area contributed by atoms with E-state index in [1.54, 1.807) is 0 Å². The fourth-order valence-electron chi connectivity index (χ4n) is 0.899. The predicted octanol–water partition coefficient (Wildman–Crippen LogP) is 1.82. The predicted molar refractivity (Wildman–Crippen MR) is 54.5 cm³/mol. The SMILES string of the molecule is COC(=O)c1cc(Br)cc(S(=O)O)c1. The molecule has 0 aromatic heterocycles. The van der Waals surface area contributed by atoms with Gasteiger partial charge in [-0.25, -0.2) is 9.00 Å². The average molecular weight is 279 g/mol. The molecule has 14 heavy (non-hydrogen) atoms. The highest BCUT2D eigenvalue weighted by Crippen LogP contribution is 2.18. The molecule has 0 aliphatic carbocycles. The topological polar surface area (TPSA) is 63.6 Å². The third-order valence-corrected chi connectivity index (χ3v) is 2.59. The Balaban J connectivity index is 3.20. The van der Waals surface area contributed by atoms with Gasteiger partial charge in [-0.3, -0.25) is 0 Å². The average Bonchev–Trinajstić information content (AvgIpc) is 2.15. The third-order valence-electron chi connectivity index (χ3n) is 1.49. The van der Waals surface area contributed by atoms with Gasteiger partial charge in [-0.2, -0.15) is 0 Å². The lowest BCUT2D eigenvalue weighted by Gasteiger charge is -2.02. The van der Waals surface area contributed by atoms with Crippen LogP contribution < -0.4 is 0 Å². The minimum atomic E-state index is -2.11. The summed E-state index contributed by atoms with van der Waals surface area (Å²) in [4.78, 5) is 11.3. The Morgan fingerprint density at radius 2 is 2.14 bits per heavy atom. The smallest absolute Gasteiger partial charge is 0.337 e. The molecule has 0 bridgehead atoms. The van der Waals surface area contributed by atoms with Gasteiger partial charge in [-0.05, 0) is 18.2 Å². The van der Waals surface area contributed by atoms with Crippen molar-refractivity contribution < 1.29 is 18.3 Å². The summed E-state index contributed by atoms with van der Waals surface area (Å²) in [5.74, 6) is -0.544. The lowest BCUT2D eigenvalue weighted by molar-refractivity contribution is 0.0600. The van der Waals surface area contributed by atoms with Crippen LogP contribution in [0.15, 0.2) is 27.6 Å². The zero-order valence-corrected chi connectivity index (χ0v) is 9.59. The summed E-state index contributed by atoms with van der Waals surface area (Å²) < 4.78 is 24.6. The number of hydrogen-bond donors (Lipinski definition) is 1. The number of benzene rings is 1. The normalized spacial score (nSPS) is 12.2. The van der Waals surface area contributed by atoms with Crippen molar-refractivity contribution in [3.05, 3.63) is 28.2 Å². The molecular weight excluding hydrogens is 272 g/mol. The summed E-state index contributed by atoms with van der Waals surface area (Å²) in [7, 11) is 1.25. The molecule has 0 amide bonds. The molecule has 0 saturated heterocycles. The number of ether oxygens (including phenoxy) is 1. The fourth-order valence-corrected chi connectivity index (χ4v) is 2.00. The Bertz CT molecular complexity index is 391. The van der Waals surface area contributed by atoms with Crippen LogP contribution in [-0.4, -0.2) is 21.8 Å². The van der Waals surface area contributed by atoms with Crippen LogP contribution in [-0.2, 0) is 15.8 Å². The first-order valence-corrected chi connectivity index (χ1v) is 5.44. The third kappa shape index (κ3) is 2.63. The standard InChI is InChI=1S/C8H7BrO4S/c1-13-8(10)5-2-6(9)4-7(3-5)14(11)12/h2-4H,1H3,(H,11,12). The van der Waals surface area contributed by atoms with Crippen LogP contribution in [0, 0.1) is 0 Å². The van der Waals surface area contributed by atoms with Crippen LogP contribution in [0.1, 0.15) is 10.4 Å². The summed E-state index contributed by atoms with van der Waals surface area (Å²) in [6, 6.07) is 4.29. The molecule has 76 valence electrons. The number of rotatable bonds is 2. The molecule has 0 aliphatic rings. The van der Waals surface area contributed by atoms with Gasteiger partial charge in [-0.1, -0.05) is 15.9 Å². The van der Waals surface area contributed by atoms with Crippen molar-refractivity contribution in [3.8, 4) is 0 Å². The number of methoxy groups -OCH3 is 1. The van der Waals surface area contributed by atoms with Gasteiger partial charge in [0.1, 0.15) is 0 Å². The second-order valence-electron chi connectivity index (χ2n) is 2.42. The molecule has 1 atom stereocenters. The summed E-state index contributed by atoms with van der Waals surface area (Å²) in [5, 5.41) is 0. The monoisotopic (exact) mass is 278 g/mol. The molecule has 4 nitrogen and oxygen atoms in total. The van der Waals surface area contributed by atoms with Gasteiger partial charge in [0.2, 0.25) is 0 Å². The Hall–Kier alpha value is -0.720. The summed E-state index contributed by atoms with van der Waals surface area (Å²) in [5.41, 5.74) is 0.235. The highest BCUT2D eigenvalue weighted by molar-refractivity contribution is 9.10.